The fourth-order valence-electron chi connectivity index (χ4n) is 1.25. The smallest absolute Gasteiger partial charge is 0.212 e. The maximum atomic E-state index is 12.2. The summed E-state index contributed by atoms with van der Waals surface area (Å²) in [5, 5.41) is 0. The van der Waals surface area contributed by atoms with Crippen LogP contribution in [0, 0.1) is 0 Å². The van der Waals surface area contributed by atoms with Gasteiger partial charge in [0.25, 0.3) is 0 Å². The van der Waals surface area contributed by atoms with Crippen LogP contribution < -0.4 is 0 Å². The predicted molar refractivity (Wildman–Crippen MR) is 54.6 cm³/mol. The molecule has 0 atom stereocenters. The van der Waals surface area contributed by atoms with Crippen LogP contribution in [-0.4, -0.2) is 14.8 Å². The summed E-state index contributed by atoms with van der Waals surface area (Å²) in [5.74, 6) is -0.419. The largest absolute Gasteiger partial charge is 0.242 e. The van der Waals surface area contributed by atoms with Gasteiger partial charge in [-0.05, 0) is 11.1 Å². The van der Waals surface area contributed by atoms with Gasteiger partial charge in [-0.15, -0.1) is 0 Å². The van der Waals surface area contributed by atoms with Crippen molar-refractivity contribution >= 4 is 19.7 Å². The predicted octanol–water partition coefficient (Wildman–Crippen LogP) is 2.56. The summed E-state index contributed by atoms with van der Waals surface area (Å²) in [6.45, 7) is 0. The van der Waals surface area contributed by atoms with Crippen molar-refractivity contribution < 1.29 is 17.2 Å². The molecule has 0 saturated heterocycles. The molecule has 0 amide bonds. The van der Waals surface area contributed by atoms with Crippen LogP contribution in [0.2, 0.25) is 0 Å². The maximum Gasteiger partial charge on any atom is 0.242 e. The molecule has 0 unspecified atom stereocenters. The van der Waals surface area contributed by atoms with Gasteiger partial charge in [-0.3, -0.25) is 0 Å². The van der Waals surface area contributed by atoms with Crippen LogP contribution in [0.1, 0.15) is 11.1 Å². The monoisotopic (exact) mass is 254 g/mol. The third kappa shape index (κ3) is 4.57. The minimum atomic E-state index is -3.71. The van der Waals surface area contributed by atoms with Crippen molar-refractivity contribution in [3.63, 3.8) is 0 Å². The van der Waals surface area contributed by atoms with Crippen molar-refractivity contribution in [3.05, 3.63) is 35.4 Å². The topological polar surface area (TPSA) is 34.1 Å². The van der Waals surface area contributed by atoms with Crippen LogP contribution in [0.15, 0.2) is 24.3 Å². The Morgan fingerprint density at radius 1 is 1.20 bits per heavy atom. The molecule has 0 fully saturated rings. The summed E-state index contributed by atoms with van der Waals surface area (Å²) < 4.78 is 45.9. The van der Waals surface area contributed by atoms with Crippen LogP contribution in [0.4, 0.5) is 8.78 Å². The Balaban J connectivity index is 2.96. The van der Waals surface area contributed by atoms with E-state index in [2.05, 4.69) is 0 Å². The van der Waals surface area contributed by atoms with E-state index in [1.54, 1.807) is 12.1 Å². The van der Waals surface area contributed by atoms with Gasteiger partial charge in [0, 0.05) is 17.1 Å². The van der Waals surface area contributed by atoms with Gasteiger partial charge < -0.3 is 0 Å². The van der Waals surface area contributed by atoms with Gasteiger partial charge in [-0.25, -0.2) is 17.2 Å². The van der Waals surface area contributed by atoms with E-state index in [4.69, 9.17) is 10.7 Å². The highest BCUT2D eigenvalue weighted by Crippen LogP contribution is 2.17. The van der Waals surface area contributed by atoms with Gasteiger partial charge >= 0.3 is 0 Å². The molecular weight excluding hydrogens is 246 g/mol. The molecule has 0 aliphatic carbocycles. The Labute approximate surface area is 91.3 Å². The van der Waals surface area contributed by atoms with E-state index >= 15 is 0 Å². The lowest BCUT2D eigenvalue weighted by atomic mass is 10.1. The zero-order chi connectivity index (χ0) is 11.5. The second-order valence-electron chi connectivity index (χ2n) is 3.05. The number of hydrogen-bond donors (Lipinski definition) is 0. The van der Waals surface area contributed by atoms with Crippen LogP contribution in [0.25, 0.3) is 0 Å². The molecule has 0 heterocycles. The van der Waals surface area contributed by atoms with Crippen molar-refractivity contribution in [1.29, 1.82) is 0 Å². The van der Waals surface area contributed by atoms with Crippen molar-refractivity contribution in [1.82, 2.24) is 0 Å². The molecule has 0 aliphatic rings. The number of hydrogen-bond acceptors (Lipinski definition) is 2. The molecule has 0 spiro atoms. The molecule has 1 aromatic carbocycles. The molecule has 0 bridgehead atoms. The normalized spacial score (nSPS) is 12.0. The molecule has 84 valence electrons. The Kier molecular flexibility index (Phi) is 4.04. The number of alkyl halides is 2. The minimum absolute atomic E-state index is 0.316. The van der Waals surface area contributed by atoms with Crippen molar-refractivity contribution in [2.75, 3.05) is 0 Å². The van der Waals surface area contributed by atoms with E-state index in [9.17, 15) is 17.2 Å². The lowest BCUT2D eigenvalue weighted by Crippen LogP contribution is -2.04. The van der Waals surface area contributed by atoms with E-state index < -0.39 is 27.6 Å². The van der Waals surface area contributed by atoms with Crippen LogP contribution in [-0.2, 0) is 21.2 Å². The highest BCUT2D eigenvalue weighted by atomic mass is 35.7. The average Bonchev–Trinajstić information content (AvgIpc) is 2.05. The second kappa shape index (κ2) is 4.90. The lowest BCUT2D eigenvalue weighted by Gasteiger charge is -2.06. The summed E-state index contributed by atoms with van der Waals surface area (Å²) in [6, 6.07) is 6.13. The van der Waals surface area contributed by atoms with Gasteiger partial charge in [0.2, 0.25) is 15.5 Å². The Hall–Kier alpha value is -0.680. The Bertz CT molecular complexity index is 431. The van der Waals surface area contributed by atoms with Gasteiger partial charge in [-0.2, -0.15) is 0 Å². The first-order chi connectivity index (χ1) is 6.88. The zero-order valence-electron chi connectivity index (χ0n) is 7.66. The standard InChI is InChI=1S/C9H9ClF2O2S/c10-15(13,14)6-8-4-2-1-3-7(8)5-9(11)12/h1-4,9H,5-6H2. The summed E-state index contributed by atoms with van der Waals surface area (Å²) in [7, 11) is 1.35. The first-order valence-electron chi connectivity index (χ1n) is 4.16. The third-order valence-corrected chi connectivity index (χ3v) is 2.80. The quantitative estimate of drug-likeness (QED) is 0.774. The fourth-order valence-corrected chi connectivity index (χ4v) is 2.26. The van der Waals surface area contributed by atoms with Gasteiger partial charge in [0.05, 0.1) is 5.75 Å². The van der Waals surface area contributed by atoms with Crippen molar-refractivity contribution in [2.45, 2.75) is 18.6 Å². The number of rotatable bonds is 4. The zero-order valence-corrected chi connectivity index (χ0v) is 9.23. The molecule has 0 radical (unpaired) electrons. The molecule has 0 aliphatic heterocycles. The van der Waals surface area contributed by atoms with Crippen LogP contribution >= 0.6 is 10.7 Å². The Morgan fingerprint density at radius 2 is 1.73 bits per heavy atom. The highest BCUT2D eigenvalue weighted by molar-refractivity contribution is 8.13. The molecule has 2 nitrogen and oxygen atoms in total. The Morgan fingerprint density at radius 3 is 2.20 bits per heavy atom. The van der Waals surface area contributed by atoms with E-state index in [-0.39, 0.29) is 0 Å². The number of benzene rings is 1. The van der Waals surface area contributed by atoms with Gasteiger partial charge in [0.1, 0.15) is 0 Å². The fraction of sp³-hybridized carbons (Fsp3) is 0.333. The molecule has 15 heavy (non-hydrogen) atoms. The van der Waals surface area contributed by atoms with Crippen LogP contribution in [0.5, 0.6) is 0 Å². The SMILES string of the molecule is O=S(=O)(Cl)Cc1ccccc1CC(F)F. The highest BCUT2D eigenvalue weighted by Gasteiger charge is 2.13. The molecule has 6 heteroatoms. The molecule has 0 aromatic heterocycles. The van der Waals surface area contributed by atoms with Crippen LogP contribution in [0.3, 0.4) is 0 Å². The summed E-state index contributed by atoms with van der Waals surface area (Å²) in [6.07, 6.45) is -2.95. The molecule has 1 aromatic rings. The third-order valence-electron chi connectivity index (χ3n) is 1.82. The van der Waals surface area contributed by atoms with Gasteiger partial charge in [-0.1, -0.05) is 24.3 Å². The molecule has 0 N–H and O–H groups in total. The number of halogens is 3. The van der Waals surface area contributed by atoms with Crippen molar-refractivity contribution in [2.24, 2.45) is 0 Å². The first kappa shape index (κ1) is 12.4. The summed E-state index contributed by atoms with van der Waals surface area (Å²) in [4.78, 5) is 0. The average molecular weight is 255 g/mol. The van der Waals surface area contributed by atoms with E-state index in [0.29, 0.717) is 11.1 Å². The molecule has 0 saturated carbocycles. The van der Waals surface area contributed by atoms with E-state index in [1.807, 2.05) is 0 Å². The summed E-state index contributed by atoms with van der Waals surface area (Å²) >= 11 is 0. The first-order valence-corrected chi connectivity index (χ1v) is 6.63. The van der Waals surface area contributed by atoms with E-state index in [0.717, 1.165) is 0 Å². The molecular formula is C9H9ClF2O2S. The van der Waals surface area contributed by atoms with Gasteiger partial charge in [0.15, 0.2) is 0 Å². The second-order valence-corrected chi connectivity index (χ2v) is 5.82. The molecule has 1 rings (SSSR count). The lowest BCUT2D eigenvalue weighted by molar-refractivity contribution is 0.149. The summed E-state index contributed by atoms with van der Waals surface area (Å²) in [5.41, 5.74) is 0.643. The maximum absolute atomic E-state index is 12.2. The minimum Gasteiger partial charge on any atom is -0.212 e. The van der Waals surface area contributed by atoms with Crippen molar-refractivity contribution in [3.8, 4) is 0 Å². The van der Waals surface area contributed by atoms with E-state index in [1.165, 1.54) is 12.1 Å².